The average Bonchev–Trinajstić information content (AvgIpc) is 2.29. The summed E-state index contributed by atoms with van der Waals surface area (Å²) in [5.74, 6) is 1.16. The van der Waals surface area contributed by atoms with Gasteiger partial charge in [0.2, 0.25) is 0 Å². The van der Waals surface area contributed by atoms with Gasteiger partial charge in [-0.2, -0.15) is 0 Å². The molecule has 98 valence electrons. The van der Waals surface area contributed by atoms with Crippen molar-refractivity contribution >= 4 is 5.82 Å². The van der Waals surface area contributed by atoms with Crippen molar-refractivity contribution in [2.24, 2.45) is 5.41 Å². The van der Waals surface area contributed by atoms with Crippen LogP contribution in [0.4, 0.5) is 5.82 Å². The van der Waals surface area contributed by atoms with Crippen LogP contribution in [0.2, 0.25) is 0 Å². The molecule has 0 atom stereocenters. The van der Waals surface area contributed by atoms with Crippen LogP contribution in [0, 0.1) is 12.3 Å². The molecule has 3 heterocycles. The Hall–Kier alpha value is -1.09. The average molecular weight is 246 g/mol. The van der Waals surface area contributed by atoms with Crippen LogP contribution in [0.3, 0.4) is 0 Å². The number of likely N-dealkylation sites (tertiary alicyclic amines) is 1. The van der Waals surface area contributed by atoms with Crippen molar-refractivity contribution in [1.82, 2.24) is 4.98 Å². The van der Waals surface area contributed by atoms with Crippen molar-refractivity contribution in [3.8, 4) is 0 Å². The highest BCUT2D eigenvalue weighted by Gasteiger charge is 2.52. The highest BCUT2D eigenvalue weighted by molar-refractivity contribution is 5.39. The SMILES string of the molecule is Cc1ccc(N2CCC3(CC2)C[N+](C)(C)C3)nc1. The number of anilines is 1. The maximum Gasteiger partial charge on any atom is 0.128 e. The molecule has 2 saturated heterocycles. The number of pyridine rings is 1. The van der Waals surface area contributed by atoms with E-state index in [4.69, 9.17) is 0 Å². The highest BCUT2D eigenvalue weighted by atomic mass is 15.4. The van der Waals surface area contributed by atoms with Gasteiger partial charge >= 0.3 is 0 Å². The van der Waals surface area contributed by atoms with E-state index < -0.39 is 0 Å². The largest absolute Gasteiger partial charge is 0.357 e. The predicted molar refractivity (Wildman–Crippen MR) is 74.7 cm³/mol. The van der Waals surface area contributed by atoms with Gasteiger partial charge in [-0.1, -0.05) is 6.07 Å². The van der Waals surface area contributed by atoms with Gasteiger partial charge in [0.25, 0.3) is 0 Å². The van der Waals surface area contributed by atoms with Gasteiger partial charge in [0.15, 0.2) is 0 Å². The van der Waals surface area contributed by atoms with E-state index in [1.807, 2.05) is 6.20 Å². The molecule has 0 N–H and O–H groups in total. The number of hydrogen-bond donors (Lipinski definition) is 0. The summed E-state index contributed by atoms with van der Waals surface area (Å²) in [6.07, 6.45) is 4.65. The molecule has 0 aromatic carbocycles. The molecule has 1 aromatic rings. The van der Waals surface area contributed by atoms with Crippen LogP contribution in [0.25, 0.3) is 0 Å². The van der Waals surface area contributed by atoms with Crippen molar-refractivity contribution in [2.45, 2.75) is 19.8 Å². The first kappa shape index (κ1) is 12.0. The lowest BCUT2D eigenvalue weighted by molar-refractivity contribution is -0.950. The van der Waals surface area contributed by atoms with E-state index in [0.717, 1.165) is 5.82 Å². The summed E-state index contributed by atoms with van der Waals surface area (Å²) in [6.45, 7) is 7.17. The number of hydrogen-bond acceptors (Lipinski definition) is 2. The van der Waals surface area contributed by atoms with Gasteiger partial charge in [-0.3, -0.25) is 0 Å². The molecule has 1 spiro atoms. The number of aromatic nitrogens is 1. The highest BCUT2D eigenvalue weighted by Crippen LogP contribution is 2.43. The molecule has 0 amide bonds. The summed E-state index contributed by atoms with van der Waals surface area (Å²) in [7, 11) is 4.69. The Morgan fingerprint density at radius 2 is 1.83 bits per heavy atom. The van der Waals surface area contributed by atoms with Crippen molar-refractivity contribution in [3.63, 3.8) is 0 Å². The lowest BCUT2D eigenvalue weighted by atomic mass is 9.71. The number of nitrogens with zero attached hydrogens (tertiary/aromatic N) is 3. The van der Waals surface area contributed by atoms with Crippen LogP contribution in [-0.2, 0) is 0 Å². The minimum absolute atomic E-state index is 0.644. The molecule has 18 heavy (non-hydrogen) atoms. The van der Waals surface area contributed by atoms with Crippen molar-refractivity contribution in [1.29, 1.82) is 0 Å². The lowest BCUT2D eigenvalue weighted by Gasteiger charge is -2.56. The molecule has 2 fully saturated rings. The predicted octanol–water partition coefficient (Wildman–Crippen LogP) is 2.07. The fraction of sp³-hybridized carbons (Fsp3) is 0.667. The van der Waals surface area contributed by atoms with Gasteiger partial charge in [-0.25, -0.2) is 4.98 Å². The first-order valence-electron chi connectivity index (χ1n) is 6.98. The standard InChI is InChI=1S/C15H24N3/c1-13-4-5-14(16-10-13)17-8-6-15(7-9-17)11-18(2,3)12-15/h4-5,10H,6-9,11-12H2,1-3H3/q+1. The second-order valence-electron chi connectivity index (χ2n) is 6.93. The molecule has 2 aliphatic rings. The van der Waals surface area contributed by atoms with Crippen LogP contribution >= 0.6 is 0 Å². The van der Waals surface area contributed by atoms with E-state index in [9.17, 15) is 0 Å². The Balaban J connectivity index is 1.62. The molecule has 0 saturated carbocycles. The zero-order chi connectivity index (χ0) is 12.8. The summed E-state index contributed by atoms with van der Waals surface area (Å²) in [5, 5.41) is 0. The Morgan fingerprint density at radius 1 is 1.17 bits per heavy atom. The smallest absolute Gasteiger partial charge is 0.128 e. The van der Waals surface area contributed by atoms with Crippen molar-refractivity contribution in [2.75, 3.05) is 45.2 Å². The van der Waals surface area contributed by atoms with Crippen molar-refractivity contribution < 1.29 is 4.48 Å². The molecular formula is C15H24N3+. The van der Waals surface area contributed by atoms with Crippen molar-refractivity contribution in [3.05, 3.63) is 23.9 Å². The third kappa shape index (κ3) is 2.12. The van der Waals surface area contributed by atoms with Gasteiger partial charge in [0, 0.05) is 19.3 Å². The molecular weight excluding hydrogens is 222 g/mol. The number of rotatable bonds is 1. The Morgan fingerprint density at radius 3 is 2.33 bits per heavy atom. The molecule has 0 radical (unpaired) electrons. The van der Waals surface area contributed by atoms with E-state index in [-0.39, 0.29) is 0 Å². The van der Waals surface area contributed by atoms with E-state index >= 15 is 0 Å². The molecule has 3 nitrogen and oxygen atoms in total. The summed E-state index contributed by atoms with van der Waals surface area (Å²) in [4.78, 5) is 6.99. The molecule has 1 aromatic heterocycles. The molecule has 0 aliphatic carbocycles. The lowest BCUT2D eigenvalue weighted by Crippen LogP contribution is -2.67. The Bertz CT molecular complexity index is 418. The van der Waals surface area contributed by atoms with Gasteiger partial charge in [-0.15, -0.1) is 0 Å². The van der Waals surface area contributed by atoms with E-state index in [2.05, 4.69) is 43.0 Å². The summed E-state index contributed by atoms with van der Waals surface area (Å²) >= 11 is 0. The molecule has 2 aliphatic heterocycles. The first-order valence-corrected chi connectivity index (χ1v) is 6.98. The minimum Gasteiger partial charge on any atom is -0.357 e. The Kier molecular flexibility index (Phi) is 2.63. The van der Waals surface area contributed by atoms with Crippen LogP contribution in [0.1, 0.15) is 18.4 Å². The molecule has 3 rings (SSSR count). The third-order valence-corrected chi connectivity index (χ3v) is 4.57. The second-order valence-corrected chi connectivity index (χ2v) is 6.93. The number of aryl methyl sites for hydroxylation is 1. The van der Waals surface area contributed by atoms with Gasteiger partial charge < -0.3 is 9.38 Å². The summed E-state index contributed by atoms with van der Waals surface area (Å²) in [5.41, 5.74) is 1.88. The zero-order valence-corrected chi connectivity index (χ0v) is 11.8. The molecule has 3 heteroatoms. The number of piperidine rings is 1. The van der Waals surface area contributed by atoms with Crippen LogP contribution in [-0.4, -0.2) is 49.7 Å². The summed E-state index contributed by atoms with van der Waals surface area (Å²) < 4.78 is 1.21. The minimum atomic E-state index is 0.644. The molecule has 0 bridgehead atoms. The fourth-order valence-corrected chi connectivity index (χ4v) is 3.94. The van der Waals surface area contributed by atoms with E-state index in [0.29, 0.717) is 5.41 Å². The maximum absolute atomic E-state index is 4.54. The van der Waals surface area contributed by atoms with E-state index in [1.165, 1.54) is 49.1 Å². The van der Waals surface area contributed by atoms with Gasteiger partial charge in [-0.05, 0) is 31.4 Å². The van der Waals surface area contributed by atoms with Gasteiger partial charge in [0.05, 0.1) is 32.6 Å². The van der Waals surface area contributed by atoms with Crippen LogP contribution in [0.15, 0.2) is 18.3 Å². The van der Waals surface area contributed by atoms with Crippen LogP contribution < -0.4 is 4.90 Å². The maximum atomic E-state index is 4.54. The fourth-order valence-electron chi connectivity index (χ4n) is 3.94. The topological polar surface area (TPSA) is 16.1 Å². The second kappa shape index (κ2) is 3.95. The molecule has 0 unspecified atom stereocenters. The first-order chi connectivity index (χ1) is 8.48. The Labute approximate surface area is 110 Å². The van der Waals surface area contributed by atoms with Gasteiger partial charge in [0.1, 0.15) is 5.82 Å². The zero-order valence-electron chi connectivity index (χ0n) is 11.8. The van der Waals surface area contributed by atoms with E-state index in [1.54, 1.807) is 0 Å². The quantitative estimate of drug-likeness (QED) is 0.705. The third-order valence-electron chi connectivity index (χ3n) is 4.57. The normalized spacial score (nSPS) is 24.9. The number of quaternary nitrogens is 1. The van der Waals surface area contributed by atoms with Crippen LogP contribution in [0.5, 0.6) is 0 Å². The summed E-state index contributed by atoms with van der Waals surface area (Å²) in [6, 6.07) is 4.32. The monoisotopic (exact) mass is 246 g/mol.